The van der Waals surface area contributed by atoms with E-state index in [0.29, 0.717) is 60.9 Å². The van der Waals surface area contributed by atoms with Gasteiger partial charge in [-0.15, -0.1) is 0 Å². The number of carboxylic acid groups (broad SMARTS) is 1. The largest absolute Gasteiger partial charge is 0.465 e. The average Bonchev–Trinajstić information content (AvgIpc) is 4.00. The molecule has 2 fully saturated rings. The molecule has 0 saturated carbocycles. The number of methoxy groups -OCH3 is 1. The van der Waals surface area contributed by atoms with Gasteiger partial charge in [0, 0.05) is 42.0 Å². The number of nitrogens with zero attached hydrogens (tertiary/aromatic N) is 5. The first-order valence-corrected chi connectivity index (χ1v) is 18.9. The number of imidazole rings is 2. The van der Waals surface area contributed by atoms with Crippen molar-refractivity contribution < 1.29 is 43.7 Å². The molecule has 2 aromatic carbocycles. The molecule has 2 aliphatic heterocycles. The number of aromatic amines is 2. The Kier molecular flexibility index (Phi) is 10.2. The zero-order valence-corrected chi connectivity index (χ0v) is 32.7. The van der Waals surface area contributed by atoms with Crippen LogP contribution in [-0.4, -0.2) is 124 Å². The fourth-order valence-corrected chi connectivity index (χ4v) is 8.14. The molecule has 3 aromatic heterocycles. The molecule has 2 aliphatic rings. The summed E-state index contributed by atoms with van der Waals surface area (Å²) >= 11 is 0. The predicted molar refractivity (Wildman–Crippen MR) is 208 cm³/mol. The van der Waals surface area contributed by atoms with Gasteiger partial charge in [-0.3, -0.25) is 14.5 Å². The predicted octanol–water partition coefficient (Wildman–Crippen LogP) is 4.94. The van der Waals surface area contributed by atoms with E-state index in [2.05, 4.69) is 30.0 Å². The number of ether oxygens (including phenoxy) is 1. The molecular formula is C40H48N8O9. The molecule has 7 rings (SSSR count). The van der Waals surface area contributed by atoms with Gasteiger partial charge in [-0.25, -0.2) is 19.6 Å². The number of H-pyrrole nitrogens is 2. The summed E-state index contributed by atoms with van der Waals surface area (Å²) in [6.45, 7) is 6.62. The van der Waals surface area contributed by atoms with Crippen LogP contribution in [0.15, 0.2) is 53.2 Å². The fraction of sp³-hybridized carbons (Fsp3) is 0.450. The molecule has 0 aliphatic carbocycles. The first kappa shape index (κ1) is 39.3. The van der Waals surface area contributed by atoms with E-state index in [1.54, 1.807) is 22.2 Å². The summed E-state index contributed by atoms with van der Waals surface area (Å²) in [5, 5.41) is 35.4. The standard InChI is InChI=1S/C40H48N8O9/c1-39(2,54)31(45-37(51)56-6)35(49)47-15-7-9-27(47)33-41-19-25(43-33)21-11-13-23-24-14-12-22(18-30(24)57-29(23)17-21)26-20-42-34(44-26)28-10-8-16-48(28)36(50)32(40(3,4)55)46(5)38(52)53/h11-14,17-20,27-28,31-32,54-55H,7-10,15-16H2,1-6H3,(H,41,43)(H,42,44)(H,45,51)(H,52,53)/t27?,28-,31+,32+/m0/s1. The Morgan fingerprint density at radius 2 is 1.33 bits per heavy atom. The van der Waals surface area contributed by atoms with Gasteiger partial charge in [0.15, 0.2) is 0 Å². The normalized spacial score (nSPS) is 18.6. The maximum absolute atomic E-state index is 13.7. The third kappa shape index (κ3) is 7.51. The number of amides is 4. The van der Waals surface area contributed by atoms with Gasteiger partial charge in [-0.2, -0.15) is 0 Å². The maximum Gasteiger partial charge on any atom is 0.407 e. The summed E-state index contributed by atoms with van der Waals surface area (Å²) < 4.78 is 11.1. The van der Waals surface area contributed by atoms with Crippen molar-refractivity contribution in [2.75, 3.05) is 27.2 Å². The van der Waals surface area contributed by atoms with E-state index in [0.717, 1.165) is 38.9 Å². The molecule has 0 radical (unpaired) electrons. The number of aromatic nitrogens is 4. The van der Waals surface area contributed by atoms with E-state index in [9.17, 15) is 34.5 Å². The molecule has 5 heterocycles. The van der Waals surface area contributed by atoms with Crippen molar-refractivity contribution in [3.63, 3.8) is 0 Å². The quantitative estimate of drug-likeness (QED) is 0.111. The van der Waals surface area contributed by atoms with E-state index in [1.807, 2.05) is 36.4 Å². The van der Waals surface area contributed by atoms with Crippen molar-refractivity contribution in [1.82, 2.24) is 40.0 Å². The number of carbonyl (C=O) groups is 4. The molecule has 4 amide bonds. The van der Waals surface area contributed by atoms with E-state index >= 15 is 0 Å². The number of furan rings is 1. The third-order valence-electron chi connectivity index (χ3n) is 11.0. The number of carbonyl (C=O) groups excluding carboxylic acids is 3. The molecule has 1 unspecified atom stereocenters. The summed E-state index contributed by atoms with van der Waals surface area (Å²) in [4.78, 5) is 71.2. The Morgan fingerprint density at radius 1 is 0.842 bits per heavy atom. The minimum Gasteiger partial charge on any atom is -0.465 e. The molecule has 4 atom stereocenters. The molecular weight excluding hydrogens is 736 g/mol. The van der Waals surface area contributed by atoms with Crippen LogP contribution in [0.2, 0.25) is 0 Å². The highest BCUT2D eigenvalue weighted by Gasteiger charge is 2.45. The fourth-order valence-electron chi connectivity index (χ4n) is 8.14. The number of rotatable bonds is 10. The molecule has 302 valence electrons. The number of aliphatic hydroxyl groups is 2. The summed E-state index contributed by atoms with van der Waals surface area (Å²) in [7, 11) is 2.48. The highest BCUT2D eigenvalue weighted by molar-refractivity contribution is 6.06. The number of alkyl carbamates (subject to hydrolysis) is 1. The number of fused-ring (bicyclic) bond motifs is 3. The van der Waals surface area contributed by atoms with E-state index in [-0.39, 0.29) is 6.04 Å². The Morgan fingerprint density at radius 3 is 1.77 bits per heavy atom. The van der Waals surface area contributed by atoms with Crippen LogP contribution in [0.5, 0.6) is 0 Å². The number of likely N-dealkylation sites (tertiary alicyclic amines) is 2. The minimum absolute atomic E-state index is 0.382. The van der Waals surface area contributed by atoms with Crippen LogP contribution in [-0.2, 0) is 14.3 Å². The first-order valence-electron chi connectivity index (χ1n) is 18.9. The van der Waals surface area contributed by atoms with Crippen molar-refractivity contribution in [3.8, 4) is 22.5 Å². The van der Waals surface area contributed by atoms with Crippen molar-refractivity contribution in [2.45, 2.75) is 88.7 Å². The van der Waals surface area contributed by atoms with E-state index in [1.165, 1.54) is 41.9 Å². The Labute approximate surface area is 328 Å². The first-order chi connectivity index (χ1) is 27.0. The van der Waals surface area contributed by atoms with Crippen LogP contribution in [0.25, 0.3) is 44.5 Å². The minimum atomic E-state index is -1.61. The average molecular weight is 785 g/mol. The van der Waals surface area contributed by atoms with Gasteiger partial charge in [-0.05, 0) is 77.6 Å². The highest BCUT2D eigenvalue weighted by Crippen LogP contribution is 2.38. The summed E-state index contributed by atoms with van der Waals surface area (Å²) in [6, 6.07) is 8.44. The zero-order valence-electron chi connectivity index (χ0n) is 32.7. The Balaban J connectivity index is 1.10. The molecule has 6 N–H and O–H groups in total. The van der Waals surface area contributed by atoms with Gasteiger partial charge in [0.05, 0.1) is 54.2 Å². The Hall–Kier alpha value is -5.94. The molecule has 5 aromatic rings. The number of benzene rings is 2. The van der Waals surface area contributed by atoms with Gasteiger partial charge in [0.25, 0.3) is 0 Å². The van der Waals surface area contributed by atoms with Gasteiger partial charge in [-0.1, -0.05) is 12.1 Å². The number of hydrogen-bond donors (Lipinski definition) is 6. The molecule has 0 spiro atoms. The Bertz CT molecular complexity index is 2330. The highest BCUT2D eigenvalue weighted by atomic mass is 16.5. The van der Waals surface area contributed by atoms with E-state index < -0.39 is 53.3 Å². The van der Waals surface area contributed by atoms with E-state index in [4.69, 9.17) is 4.42 Å². The van der Waals surface area contributed by atoms with Gasteiger partial charge >= 0.3 is 12.2 Å². The molecule has 2 saturated heterocycles. The topological polar surface area (TPSA) is 230 Å². The van der Waals surface area contributed by atoms with Gasteiger partial charge in [0.1, 0.15) is 34.9 Å². The molecule has 0 bridgehead atoms. The number of likely N-dealkylation sites (N-methyl/N-ethyl adjacent to an activating group) is 1. The van der Waals surface area contributed by atoms with Crippen LogP contribution in [0.3, 0.4) is 0 Å². The molecule has 57 heavy (non-hydrogen) atoms. The summed E-state index contributed by atoms with van der Waals surface area (Å²) in [6.07, 6.45) is 4.00. The molecule has 17 nitrogen and oxygen atoms in total. The number of nitrogens with one attached hydrogen (secondary N) is 3. The molecule has 17 heteroatoms. The lowest BCUT2D eigenvalue weighted by molar-refractivity contribution is -0.145. The van der Waals surface area contributed by atoms with Crippen LogP contribution in [0, 0.1) is 0 Å². The smallest absolute Gasteiger partial charge is 0.407 e. The lowest BCUT2D eigenvalue weighted by Gasteiger charge is -2.37. The second-order valence-corrected chi connectivity index (χ2v) is 15.9. The van der Waals surface area contributed by atoms with Crippen LogP contribution >= 0.6 is 0 Å². The van der Waals surface area contributed by atoms with Crippen molar-refractivity contribution in [1.29, 1.82) is 0 Å². The third-order valence-corrected chi connectivity index (χ3v) is 11.0. The lowest BCUT2D eigenvalue weighted by atomic mass is 9.96. The maximum atomic E-state index is 13.7. The van der Waals surface area contributed by atoms with Crippen LogP contribution in [0.1, 0.15) is 77.1 Å². The SMILES string of the molecule is COC(=O)N[C@H](C(=O)N1CCCC1c1ncc(-c2ccc3c(c2)oc2cc(-c4cnc([C@@H]5CCCN5C(=O)[C@@H](N(C)C(=O)O)C(C)(C)O)[nH]4)ccc23)[nH]1)C(C)(C)O. The van der Waals surface area contributed by atoms with Crippen molar-refractivity contribution in [2.24, 2.45) is 0 Å². The summed E-state index contributed by atoms with van der Waals surface area (Å²) in [5.41, 5.74) is 1.26. The lowest BCUT2D eigenvalue weighted by Crippen LogP contribution is -2.58. The summed E-state index contributed by atoms with van der Waals surface area (Å²) in [5.74, 6) is 0.242. The zero-order chi connectivity index (χ0) is 41.0. The second-order valence-electron chi connectivity index (χ2n) is 15.9. The van der Waals surface area contributed by atoms with Gasteiger partial charge < -0.3 is 49.6 Å². The second kappa shape index (κ2) is 14.9. The van der Waals surface area contributed by atoms with Crippen LogP contribution in [0.4, 0.5) is 9.59 Å². The number of hydrogen-bond acceptors (Lipinski definition) is 10. The van der Waals surface area contributed by atoms with Crippen LogP contribution < -0.4 is 5.32 Å². The monoisotopic (exact) mass is 784 g/mol. The van der Waals surface area contributed by atoms with Crippen molar-refractivity contribution >= 4 is 45.9 Å². The van der Waals surface area contributed by atoms with Gasteiger partial charge in [0.2, 0.25) is 11.8 Å². The van der Waals surface area contributed by atoms with Crippen molar-refractivity contribution in [3.05, 3.63) is 60.4 Å².